The first-order valence-electron chi connectivity index (χ1n) is 6.95. The molecule has 1 aromatic carbocycles. The Morgan fingerprint density at radius 3 is 2.61 bits per heavy atom. The number of amides is 3. The predicted octanol–water partition coefficient (Wildman–Crippen LogP) is 2.35. The van der Waals surface area contributed by atoms with Gasteiger partial charge in [-0.25, -0.2) is 4.79 Å². The molecule has 0 atom stereocenters. The number of hydrogen-bond donors (Lipinski definition) is 2. The highest BCUT2D eigenvalue weighted by Gasteiger charge is 2.11. The third-order valence-corrected chi connectivity index (χ3v) is 3.80. The molecule has 0 aliphatic carbocycles. The van der Waals surface area contributed by atoms with Crippen molar-refractivity contribution in [2.45, 2.75) is 25.6 Å². The lowest BCUT2D eigenvalue weighted by Crippen LogP contribution is -2.44. The monoisotopic (exact) mass is 358 g/mol. The SMILES string of the molecule is CC(C)NC(=O)NC(=O)COC(=O)CSCc1ccccc1Cl. The molecule has 2 N–H and O–H groups in total. The Morgan fingerprint density at radius 1 is 1.26 bits per heavy atom. The van der Waals surface area contributed by atoms with Crippen molar-refractivity contribution in [3.8, 4) is 0 Å². The van der Waals surface area contributed by atoms with Gasteiger partial charge in [0.05, 0.1) is 5.75 Å². The van der Waals surface area contributed by atoms with Crippen LogP contribution in [0.1, 0.15) is 19.4 Å². The summed E-state index contributed by atoms with van der Waals surface area (Å²) in [6, 6.07) is 6.65. The number of rotatable bonds is 7. The van der Waals surface area contributed by atoms with Gasteiger partial charge in [0.25, 0.3) is 5.91 Å². The number of thioether (sulfide) groups is 1. The fourth-order valence-corrected chi connectivity index (χ4v) is 2.61. The van der Waals surface area contributed by atoms with E-state index >= 15 is 0 Å². The van der Waals surface area contributed by atoms with Crippen LogP contribution in [0.4, 0.5) is 4.79 Å². The molecule has 0 radical (unpaired) electrons. The number of carbonyl (C=O) groups excluding carboxylic acids is 3. The molecule has 0 bridgehead atoms. The average molecular weight is 359 g/mol. The summed E-state index contributed by atoms with van der Waals surface area (Å²) in [5, 5.41) is 5.20. The third kappa shape index (κ3) is 8.47. The second kappa shape index (κ2) is 10.1. The van der Waals surface area contributed by atoms with Crippen molar-refractivity contribution in [1.82, 2.24) is 10.6 Å². The van der Waals surface area contributed by atoms with Crippen LogP contribution in [-0.2, 0) is 20.1 Å². The molecule has 0 spiro atoms. The summed E-state index contributed by atoms with van der Waals surface area (Å²) in [5.74, 6) is -0.539. The number of nitrogens with one attached hydrogen (secondary N) is 2. The van der Waals surface area contributed by atoms with Crippen LogP contribution in [0.3, 0.4) is 0 Å². The molecule has 8 heteroatoms. The van der Waals surface area contributed by atoms with Crippen LogP contribution < -0.4 is 10.6 Å². The number of benzene rings is 1. The Morgan fingerprint density at radius 2 is 1.96 bits per heavy atom. The quantitative estimate of drug-likeness (QED) is 0.731. The Labute approximate surface area is 144 Å². The molecular weight excluding hydrogens is 340 g/mol. The molecule has 0 saturated carbocycles. The molecule has 1 aromatic rings. The number of hydrogen-bond acceptors (Lipinski definition) is 5. The number of imide groups is 1. The summed E-state index contributed by atoms with van der Waals surface area (Å²) in [6.45, 7) is 3.04. The molecular formula is C15H19ClN2O4S. The molecule has 3 amide bonds. The Balaban J connectivity index is 2.20. The van der Waals surface area contributed by atoms with Gasteiger partial charge in [0.15, 0.2) is 6.61 Å². The summed E-state index contributed by atoms with van der Waals surface area (Å²) < 4.78 is 4.79. The Hall–Kier alpha value is -1.73. The van der Waals surface area contributed by atoms with E-state index in [4.69, 9.17) is 16.3 Å². The summed E-state index contributed by atoms with van der Waals surface area (Å²) in [5.41, 5.74) is 0.926. The predicted molar refractivity (Wildman–Crippen MR) is 90.4 cm³/mol. The van der Waals surface area contributed by atoms with Crippen LogP contribution in [0.2, 0.25) is 5.02 Å². The van der Waals surface area contributed by atoms with Crippen molar-refractivity contribution in [3.05, 3.63) is 34.9 Å². The maximum absolute atomic E-state index is 11.5. The minimum atomic E-state index is -0.674. The minimum Gasteiger partial charge on any atom is -0.455 e. The first kappa shape index (κ1) is 19.3. The number of halogens is 1. The summed E-state index contributed by atoms with van der Waals surface area (Å²) in [7, 11) is 0. The van der Waals surface area contributed by atoms with Gasteiger partial charge >= 0.3 is 12.0 Å². The molecule has 23 heavy (non-hydrogen) atoms. The summed E-state index contributed by atoms with van der Waals surface area (Å²) in [4.78, 5) is 34.2. The summed E-state index contributed by atoms with van der Waals surface area (Å²) in [6.07, 6.45) is 0. The van der Waals surface area contributed by atoms with Crippen LogP contribution in [0.5, 0.6) is 0 Å². The standard InChI is InChI=1S/C15H19ClN2O4S/c1-10(2)17-15(21)18-13(19)7-22-14(20)9-23-8-11-5-3-4-6-12(11)16/h3-6,10H,7-9H2,1-2H3,(H2,17,18,19,21). The Kier molecular flexibility index (Phi) is 8.50. The molecule has 0 aromatic heterocycles. The second-order valence-electron chi connectivity index (χ2n) is 4.92. The Bertz CT molecular complexity index is 566. The van der Waals surface area contributed by atoms with E-state index in [1.165, 1.54) is 11.8 Å². The fourth-order valence-electron chi connectivity index (χ4n) is 1.51. The second-order valence-corrected chi connectivity index (χ2v) is 6.31. The van der Waals surface area contributed by atoms with Gasteiger partial charge in [-0.3, -0.25) is 14.9 Å². The fraction of sp³-hybridized carbons (Fsp3) is 0.400. The van der Waals surface area contributed by atoms with E-state index in [9.17, 15) is 14.4 Å². The minimum absolute atomic E-state index is 0.0911. The van der Waals surface area contributed by atoms with Gasteiger partial charge in [-0.15, -0.1) is 11.8 Å². The average Bonchev–Trinajstić information content (AvgIpc) is 2.46. The maximum atomic E-state index is 11.5. The number of esters is 1. The molecule has 126 valence electrons. The van der Waals surface area contributed by atoms with Gasteiger partial charge in [0.1, 0.15) is 0 Å². The van der Waals surface area contributed by atoms with Crippen molar-refractivity contribution >= 4 is 41.3 Å². The smallest absolute Gasteiger partial charge is 0.321 e. The number of ether oxygens (including phenoxy) is 1. The van der Waals surface area contributed by atoms with E-state index in [0.717, 1.165) is 5.56 Å². The van der Waals surface area contributed by atoms with E-state index in [1.807, 2.05) is 18.2 Å². The van der Waals surface area contributed by atoms with Gasteiger partial charge in [0, 0.05) is 16.8 Å². The molecule has 0 unspecified atom stereocenters. The lowest BCUT2D eigenvalue weighted by molar-refractivity contribution is -0.145. The zero-order chi connectivity index (χ0) is 17.2. The van der Waals surface area contributed by atoms with Crippen molar-refractivity contribution in [2.24, 2.45) is 0 Å². The lowest BCUT2D eigenvalue weighted by Gasteiger charge is -2.09. The van der Waals surface area contributed by atoms with E-state index in [0.29, 0.717) is 10.8 Å². The van der Waals surface area contributed by atoms with Crippen molar-refractivity contribution < 1.29 is 19.1 Å². The van der Waals surface area contributed by atoms with Crippen LogP contribution >= 0.6 is 23.4 Å². The molecule has 0 fully saturated rings. The summed E-state index contributed by atoms with van der Waals surface area (Å²) >= 11 is 7.34. The van der Waals surface area contributed by atoms with Gasteiger partial charge in [-0.05, 0) is 25.5 Å². The first-order chi connectivity index (χ1) is 10.9. The molecule has 0 saturated heterocycles. The van der Waals surface area contributed by atoms with Gasteiger partial charge < -0.3 is 10.1 Å². The first-order valence-corrected chi connectivity index (χ1v) is 8.49. The van der Waals surface area contributed by atoms with Crippen molar-refractivity contribution in [3.63, 3.8) is 0 Å². The highest BCUT2D eigenvalue weighted by molar-refractivity contribution is 7.99. The van der Waals surface area contributed by atoms with Crippen molar-refractivity contribution in [1.29, 1.82) is 0 Å². The lowest BCUT2D eigenvalue weighted by atomic mass is 10.2. The number of carbonyl (C=O) groups is 3. The van der Waals surface area contributed by atoms with E-state index in [-0.39, 0.29) is 11.8 Å². The molecule has 1 rings (SSSR count). The van der Waals surface area contributed by atoms with Crippen LogP contribution in [-0.4, -0.2) is 36.3 Å². The van der Waals surface area contributed by atoms with E-state index in [2.05, 4.69) is 10.6 Å². The van der Waals surface area contributed by atoms with Crippen LogP contribution in [0.15, 0.2) is 24.3 Å². The molecule has 0 aliphatic heterocycles. The number of urea groups is 1. The largest absolute Gasteiger partial charge is 0.455 e. The van der Waals surface area contributed by atoms with Gasteiger partial charge in [-0.2, -0.15) is 0 Å². The zero-order valence-electron chi connectivity index (χ0n) is 12.9. The maximum Gasteiger partial charge on any atom is 0.321 e. The van der Waals surface area contributed by atoms with E-state index in [1.54, 1.807) is 19.9 Å². The van der Waals surface area contributed by atoms with Gasteiger partial charge in [-0.1, -0.05) is 29.8 Å². The van der Waals surface area contributed by atoms with E-state index < -0.39 is 24.5 Å². The van der Waals surface area contributed by atoms with Gasteiger partial charge in [0.2, 0.25) is 0 Å². The third-order valence-electron chi connectivity index (χ3n) is 2.47. The van der Waals surface area contributed by atoms with Crippen LogP contribution in [0.25, 0.3) is 0 Å². The highest BCUT2D eigenvalue weighted by atomic mass is 35.5. The zero-order valence-corrected chi connectivity index (χ0v) is 14.5. The highest BCUT2D eigenvalue weighted by Crippen LogP contribution is 2.20. The topological polar surface area (TPSA) is 84.5 Å². The van der Waals surface area contributed by atoms with Crippen LogP contribution in [0, 0.1) is 0 Å². The molecule has 0 heterocycles. The normalized spacial score (nSPS) is 10.3. The molecule has 6 nitrogen and oxygen atoms in total. The molecule has 0 aliphatic rings. The van der Waals surface area contributed by atoms with Crippen molar-refractivity contribution in [2.75, 3.05) is 12.4 Å².